The maximum absolute atomic E-state index is 13.0. The highest BCUT2D eigenvalue weighted by molar-refractivity contribution is 5.99. The van der Waals surface area contributed by atoms with Crippen LogP contribution in [-0.2, 0) is 54.2 Å². The first kappa shape index (κ1) is 49.7. The Balaban J connectivity index is 0.000000198. The Morgan fingerprint density at radius 2 is 1.27 bits per heavy atom. The maximum Gasteiger partial charge on any atom is 0.159 e. The largest absolute Gasteiger partial charge is 0.397 e. The SMILES string of the molecule is CCCCC[C@@H](CCC1=C2Cc3cccc(C)c3CC2CC1=O)OC1CCCCO1.CCCCC[C@@H](CCC1C(=O)CC2Cc3c(C)cccc3CC21)OC1CCCCO1.CCO. The lowest BCUT2D eigenvalue weighted by atomic mass is 9.73. The van der Waals surface area contributed by atoms with Crippen LogP contribution in [-0.4, -0.2) is 61.3 Å². The maximum atomic E-state index is 13.0. The molecule has 4 aliphatic carbocycles. The number of ether oxygens (including phenoxy) is 4. The van der Waals surface area contributed by atoms with Crippen LogP contribution in [0.25, 0.3) is 0 Å². The molecule has 0 bridgehead atoms. The van der Waals surface area contributed by atoms with Gasteiger partial charge in [0, 0.05) is 38.6 Å². The summed E-state index contributed by atoms with van der Waals surface area (Å²) >= 11 is 0. The highest BCUT2D eigenvalue weighted by Gasteiger charge is 2.44. The third kappa shape index (κ3) is 14.2. The normalized spacial score (nSPS) is 26.1. The zero-order valence-electron chi connectivity index (χ0n) is 40.1. The number of aliphatic hydroxyl groups is 1. The average Bonchev–Trinajstić information content (AvgIpc) is 3.77. The third-order valence-electron chi connectivity index (χ3n) is 15.2. The molecule has 2 aliphatic heterocycles. The second-order valence-corrected chi connectivity index (χ2v) is 19.8. The van der Waals surface area contributed by atoms with Crippen LogP contribution in [0.5, 0.6) is 0 Å². The van der Waals surface area contributed by atoms with Crippen molar-refractivity contribution >= 4 is 11.6 Å². The van der Waals surface area contributed by atoms with Crippen molar-refractivity contribution < 1.29 is 33.6 Å². The molecule has 0 amide bonds. The minimum Gasteiger partial charge on any atom is -0.397 e. The van der Waals surface area contributed by atoms with E-state index >= 15 is 0 Å². The molecule has 1 N–H and O–H groups in total. The fraction of sp³-hybridized carbons (Fsp3) is 0.714. The van der Waals surface area contributed by atoms with Gasteiger partial charge in [0.05, 0.1) is 12.2 Å². The van der Waals surface area contributed by atoms with E-state index in [4.69, 9.17) is 24.1 Å². The first-order valence-corrected chi connectivity index (χ1v) is 25.8. The number of carbonyl (C=O) groups excluding carboxylic acids is 2. The van der Waals surface area contributed by atoms with Gasteiger partial charge in [0.25, 0.3) is 0 Å². The number of ketones is 2. The molecule has 7 heteroatoms. The van der Waals surface area contributed by atoms with E-state index in [1.807, 2.05) is 0 Å². The van der Waals surface area contributed by atoms with Gasteiger partial charge in [0.2, 0.25) is 0 Å². The summed E-state index contributed by atoms with van der Waals surface area (Å²) in [6.07, 6.45) is 26.2. The number of aryl methyl sites for hydroxylation is 2. The van der Waals surface area contributed by atoms with Crippen LogP contribution in [0.3, 0.4) is 0 Å². The van der Waals surface area contributed by atoms with E-state index in [9.17, 15) is 9.59 Å². The van der Waals surface area contributed by atoms with Gasteiger partial charge in [-0.15, -0.1) is 0 Å². The van der Waals surface area contributed by atoms with E-state index in [0.29, 0.717) is 35.7 Å². The summed E-state index contributed by atoms with van der Waals surface area (Å²) < 4.78 is 24.5. The minimum atomic E-state index is -0.0420. The summed E-state index contributed by atoms with van der Waals surface area (Å²) in [5, 5.41) is 7.57. The molecule has 1 saturated carbocycles. The van der Waals surface area contributed by atoms with Crippen molar-refractivity contribution in [3.8, 4) is 0 Å². The van der Waals surface area contributed by atoms with E-state index in [1.165, 1.54) is 90.3 Å². The second kappa shape index (κ2) is 25.9. The monoisotopic (exact) mass is 869 g/mol. The third-order valence-corrected chi connectivity index (χ3v) is 15.2. The lowest BCUT2D eigenvalue weighted by molar-refractivity contribution is -0.191. The van der Waals surface area contributed by atoms with Gasteiger partial charge in [-0.05, 0) is 180 Å². The van der Waals surface area contributed by atoms with Gasteiger partial charge in [0.1, 0.15) is 5.78 Å². The van der Waals surface area contributed by atoms with Gasteiger partial charge >= 0.3 is 0 Å². The molecule has 6 unspecified atom stereocenters. The molecule has 7 nitrogen and oxygen atoms in total. The molecule has 6 aliphatic rings. The van der Waals surface area contributed by atoms with E-state index in [-0.39, 0.29) is 37.3 Å². The van der Waals surface area contributed by atoms with Gasteiger partial charge in [-0.25, -0.2) is 0 Å². The number of Topliss-reactive ketones (excluding diaryl/α,β-unsaturated/α-hetero) is 2. The molecule has 350 valence electrons. The van der Waals surface area contributed by atoms with Gasteiger partial charge < -0.3 is 24.1 Å². The van der Waals surface area contributed by atoms with E-state index in [0.717, 1.165) is 115 Å². The Labute approximate surface area is 381 Å². The molecule has 2 aromatic carbocycles. The fourth-order valence-corrected chi connectivity index (χ4v) is 11.7. The van der Waals surface area contributed by atoms with Crippen LogP contribution in [0.4, 0.5) is 0 Å². The predicted molar refractivity (Wildman–Crippen MR) is 254 cm³/mol. The van der Waals surface area contributed by atoms with E-state index in [2.05, 4.69) is 64.1 Å². The Morgan fingerprint density at radius 3 is 1.86 bits per heavy atom. The first-order valence-electron chi connectivity index (χ1n) is 25.8. The van der Waals surface area contributed by atoms with E-state index in [1.54, 1.807) is 6.92 Å². The molecular formula is C56H84O7. The highest BCUT2D eigenvalue weighted by Crippen LogP contribution is 2.46. The van der Waals surface area contributed by atoms with Crippen molar-refractivity contribution in [3.63, 3.8) is 0 Å². The number of hydrogen-bond donors (Lipinski definition) is 1. The molecular weight excluding hydrogens is 785 g/mol. The first-order chi connectivity index (χ1) is 30.7. The Hall–Kier alpha value is -2.68. The number of allylic oxidation sites excluding steroid dienone is 2. The summed E-state index contributed by atoms with van der Waals surface area (Å²) in [7, 11) is 0. The van der Waals surface area contributed by atoms with Gasteiger partial charge in [-0.1, -0.05) is 94.3 Å². The lowest BCUT2D eigenvalue weighted by Crippen LogP contribution is -2.30. The number of unbranched alkanes of at least 4 members (excludes halogenated alkanes) is 4. The molecule has 3 fully saturated rings. The Bertz CT molecular complexity index is 1750. The molecule has 2 heterocycles. The number of hydrogen-bond acceptors (Lipinski definition) is 7. The van der Waals surface area contributed by atoms with Crippen molar-refractivity contribution in [3.05, 3.63) is 80.9 Å². The molecule has 8 atom stereocenters. The molecule has 2 aromatic rings. The molecule has 0 aromatic heterocycles. The van der Waals surface area contributed by atoms with Crippen LogP contribution < -0.4 is 0 Å². The number of carbonyl (C=O) groups is 2. The lowest BCUT2D eigenvalue weighted by Gasteiger charge is -2.32. The summed E-state index contributed by atoms with van der Waals surface area (Å²) in [6.45, 7) is 12.5. The smallest absolute Gasteiger partial charge is 0.159 e. The van der Waals surface area contributed by atoms with Crippen LogP contribution in [0.2, 0.25) is 0 Å². The van der Waals surface area contributed by atoms with Crippen molar-refractivity contribution in [2.45, 2.75) is 214 Å². The fourth-order valence-electron chi connectivity index (χ4n) is 11.7. The molecule has 2 saturated heterocycles. The van der Waals surface area contributed by atoms with Crippen molar-refractivity contribution in [2.75, 3.05) is 19.8 Å². The molecule has 63 heavy (non-hydrogen) atoms. The number of fused-ring (bicyclic) bond motifs is 4. The van der Waals surface area contributed by atoms with Crippen molar-refractivity contribution in [1.82, 2.24) is 0 Å². The number of aliphatic hydroxyl groups excluding tert-OH is 1. The van der Waals surface area contributed by atoms with E-state index < -0.39 is 0 Å². The quantitative estimate of drug-likeness (QED) is 0.149. The van der Waals surface area contributed by atoms with Crippen molar-refractivity contribution in [2.24, 2.45) is 23.7 Å². The van der Waals surface area contributed by atoms with Gasteiger partial charge in [-0.2, -0.15) is 0 Å². The van der Waals surface area contributed by atoms with Crippen LogP contribution >= 0.6 is 0 Å². The summed E-state index contributed by atoms with van der Waals surface area (Å²) in [5.41, 5.74) is 11.3. The minimum absolute atomic E-state index is 0.0260. The van der Waals surface area contributed by atoms with Gasteiger partial charge in [-0.3, -0.25) is 9.59 Å². The van der Waals surface area contributed by atoms with Gasteiger partial charge in [0.15, 0.2) is 18.4 Å². The number of benzene rings is 2. The second-order valence-electron chi connectivity index (χ2n) is 19.8. The summed E-state index contributed by atoms with van der Waals surface area (Å²) in [5.74, 6) is 2.65. The summed E-state index contributed by atoms with van der Waals surface area (Å²) in [6, 6.07) is 13.3. The zero-order chi connectivity index (χ0) is 44.6. The summed E-state index contributed by atoms with van der Waals surface area (Å²) in [4.78, 5) is 25.9. The Kier molecular flexibility index (Phi) is 20.4. The van der Waals surface area contributed by atoms with Crippen LogP contribution in [0.1, 0.15) is 183 Å². The zero-order valence-corrected chi connectivity index (χ0v) is 40.1. The number of rotatable bonds is 18. The molecule has 0 spiro atoms. The average molecular weight is 869 g/mol. The predicted octanol–water partition coefficient (Wildman–Crippen LogP) is 12.4. The molecule has 0 radical (unpaired) electrons. The highest BCUT2D eigenvalue weighted by atomic mass is 16.7. The molecule has 8 rings (SSSR count). The van der Waals surface area contributed by atoms with Crippen LogP contribution in [0, 0.1) is 37.5 Å². The topological polar surface area (TPSA) is 91.3 Å². The standard InChI is InChI=1S/C27H40O3.C27H38O3.C2H6O/c2*1-3-4-5-11-22(30-27-12-6-7-15-29-27)13-14-23-25-16-20-10-8-9-19(2)24(20)17-21(25)18-26(23)28;1-2-3/h8-10,21-23,25,27H,3-7,11-18H2,1-2H3;8-10,21-22,27H,3-7,11-18H2,1-2H3;3H,2H2,1H3/t21?,22-,23?,25?,27?;21?,22-,27?;/m00./s1. The van der Waals surface area contributed by atoms with Crippen LogP contribution in [0.15, 0.2) is 47.5 Å². The van der Waals surface area contributed by atoms with Crippen molar-refractivity contribution in [1.29, 1.82) is 0 Å². The Morgan fingerprint density at radius 1 is 0.683 bits per heavy atom.